The molecule has 2 nitrogen and oxygen atoms in total. The normalized spacial score (nSPS) is 12.5. The smallest absolute Gasteiger partial charge is 0.192 e. The second kappa shape index (κ2) is 5.24. The molecule has 0 spiro atoms. The second-order valence-electron chi connectivity index (χ2n) is 3.09. The minimum atomic E-state index is -0.603. The highest BCUT2D eigenvalue weighted by Gasteiger charge is 2.18. The molecule has 0 N–H and O–H groups in total. The second-order valence-corrected chi connectivity index (χ2v) is 3.49. The lowest BCUT2D eigenvalue weighted by molar-refractivity contribution is 0.0520. The van der Waals surface area contributed by atoms with E-state index in [1.807, 2.05) is 0 Å². The highest BCUT2D eigenvalue weighted by atomic mass is 35.5. The van der Waals surface area contributed by atoms with Gasteiger partial charge in [-0.2, -0.15) is 0 Å². The molecule has 1 rings (SSSR count). The van der Waals surface area contributed by atoms with Crippen molar-refractivity contribution >= 4 is 17.4 Å². The molecular weight excluding hydrogens is 219 g/mol. The largest absolute Gasteiger partial charge is 0.371 e. The summed E-state index contributed by atoms with van der Waals surface area (Å²) < 4.78 is 18.0. The van der Waals surface area contributed by atoms with Crippen LogP contribution in [0.15, 0.2) is 18.2 Å². The third-order valence-corrected chi connectivity index (χ3v) is 2.31. The van der Waals surface area contributed by atoms with Crippen LogP contribution in [0, 0.1) is 5.82 Å². The molecule has 1 aromatic carbocycles. The van der Waals surface area contributed by atoms with Crippen molar-refractivity contribution in [2.24, 2.45) is 0 Å². The summed E-state index contributed by atoms with van der Waals surface area (Å²) in [5.41, 5.74) is 0.164. The average Bonchev–Trinajstić information content (AvgIpc) is 2.21. The molecule has 0 amide bonds. The van der Waals surface area contributed by atoms with Gasteiger partial charge in [-0.25, -0.2) is 4.39 Å². The fourth-order valence-corrected chi connectivity index (χ4v) is 1.44. The third kappa shape index (κ3) is 3.01. The van der Waals surface area contributed by atoms with Crippen molar-refractivity contribution in [2.45, 2.75) is 20.0 Å². The predicted molar refractivity (Wildman–Crippen MR) is 56.8 cm³/mol. The first-order valence-corrected chi connectivity index (χ1v) is 5.05. The summed E-state index contributed by atoms with van der Waals surface area (Å²) in [6.45, 7) is 3.84. The van der Waals surface area contributed by atoms with E-state index in [1.165, 1.54) is 12.1 Å². The molecule has 0 heterocycles. The van der Waals surface area contributed by atoms with Gasteiger partial charge in [-0.05, 0) is 32.0 Å². The topological polar surface area (TPSA) is 26.3 Å². The van der Waals surface area contributed by atoms with Crippen molar-refractivity contribution in [3.63, 3.8) is 0 Å². The van der Waals surface area contributed by atoms with E-state index in [1.54, 1.807) is 13.8 Å². The maximum atomic E-state index is 12.9. The van der Waals surface area contributed by atoms with Crippen molar-refractivity contribution in [2.75, 3.05) is 6.61 Å². The van der Waals surface area contributed by atoms with Crippen molar-refractivity contribution in [3.8, 4) is 0 Å². The Bertz CT molecular complexity index is 366. The molecule has 0 aliphatic carbocycles. The molecule has 82 valence electrons. The molecule has 0 saturated carbocycles. The molecule has 0 aliphatic heterocycles. The molecule has 1 unspecified atom stereocenters. The maximum Gasteiger partial charge on any atom is 0.192 e. The molecule has 4 heteroatoms. The van der Waals surface area contributed by atoms with Gasteiger partial charge >= 0.3 is 0 Å². The standard InChI is InChI=1S/C11H12ClFO2/c1-3-15-7(2)11(14)9-6-8(13)4-5-10(9)12/h4-7H,3H2,1-2H3. The van der Waals surface area contributed by atoms with Crippen LogP contribution in [-0.4, -0.2) is 18.5 Å². The number of Topliss-reactive ketones (excluding diaryl/α,β-unsaturated/α-hetero) is 1. The quantitative estimate of drug-likeness (QED) is 0.743. The highest BCUT2D eigenvalue weighted by molar-refractivity contribution is 6.34. The van der Waals surface area contributed by atoms with E-state index >= 15 is 0 Å². The summed E-state index contributed by atoms with van der Waals surface area (Å²) in [4.78, 5) is 11.7. The van der Waals surface area contributed by atoms with Crippen LogP contribution in [0.2, 0.25) is 5.02 Å². The van der Waals surface area contributed by atoms with Gasteiger partial charge in [0.25, 0.3) is 0 Å². The molecule has 0 radical (unpaired) electrons. The Labute approximate surface area is 93.0 Å². The molecule has 0 bridgehead atoms. The Hall–Kier alpha value is -0.930. The number of hydrogen-bond acceptors (Lipinski definition) is 2. The lowest BCUT2D eigenvalue weighted by Crippen LogP contribution is -2.21. The summed E-state index contributed by atoms with van der Waals surface area (Å²) in [6, 6.07) is 3.70. The zero-order valence-corrected chi connectivity index (χ0v) is 9.34. The third-order valence-electron chi connectivity index (χ3n) is 1.98. The highest BCUT2D eigenvalue weighted by Crippen LogP contribution is 2.19. The first kappa shape index (κ1) is 12.1. The van der Waals surface area contributed by atoms with Gasteiger partial charge in [0, 0.05) is 12.2 Å². The Morgan fingerprint density at radius 1 is 1.60 bits per heavy atom. The molecule has 1 aromatic rings. The van der Waals surface area contributed by atoms with Crippen LogP contribution < -0.4 is 0 Å². The number of hydrogen-bond donors (Lipinski definition) is 0. The number of ketones is 1. The number of rotatable bonds is 4. The Morgan fingerprint density at radius 3 is 2.87 bits per heavy atom. The summed E-state index contributed by atoms with van der Waals surface area (Å²) >= 11 is 5.79. The number of ether oxygens (including phenoxy) is 1. The number of carbonyl (C=O) groups is 1. The van der Waals surface area contributed by atoms with E-state index < -0.39 is 11.9 Å². The maximum absolute atomic E-state index is 12.9. The van der Waals surface area contributed by atoms with Gasteiger partial charge in [0.05, 0.1) is 5.02 Å². The van der Waals surface area contributed by atoms with Crippen molar-refractivity contribution in [3.05, 3.63) is 34.6 Å². The average molecular weight is 231 g/mol. The van der Waals surface area contributed by atoms with E-state index in [2.05, 4.69) is 0 Å². The lowest BCUT2D eigenvalue weighted by atomic mass is 10.1. The monoisotopic (exact) mass is 230 g/mol. The fraction of sp³-hybridized carbons (Fsp3) is 0.364. The Balaban J connectivity index is 2.95. The summed E-state index contributed by atoms with van der Waals surface area (Å²) in [5.74, 6) is -0.784. The molecule has 0 saturated heterocycles. The molecular formula is C11H12ClFO2. The van der Waals surface area contributed by atoms with Crippen LogP contribution in [0.4, 0.5) is 4.39 Å². The first-order chi connectivity index (χ1) is 7.06. The first-order valence-electron chi connectivity index (χ1n) is 4.67. The fourth-order valence-electron chi connectivity index (χ4n) is 1.23. The molecule has 0 aliphatic rings. The van der Waals surface area contributed by atoms with Crippen LogP contribution in [0.1, 0.15) is 24.2 Å². The van der Waals surface area contributed by atoms with Crippen LogP contribution in [0.25, 0.3) is 0 Å². The van der Waals surface area contributed by atoms with Crippen LogP contribution in [-0.2, 0) is 4.74 Å². The number of halogens is 2. The zero-order chi connectivity index (χ0) is 11.4. The number of benzene rings is 1. The van der Waals surface area contributed by atoms with E-state index in [4.69, 9.17) is 16.3 Å². The molecule has 0 aromatic heterocycles. The van der Waals surface area contributed by atoms with Crippen LogP contribution in [0.5, 0.6) is 0 Å². The van der Waals surface area contributed by atoms with Gasteiger partial charge < -0.3 is 4.74 Å². The van der Waals surface area contributed by atoms with Crippen LogP contribution >= 0.6 is 11.6 Å². The van der Waals surface area contributed by atoms with Crippen molar-refractivity contribution < 1.29 is 13.9 Å². The van der Waals surface area contributed by atoms with Gasteiger partial charge in [-0.15, -0.1) is 0 Å². The van der Waals surface area contributed by atoms with E-state index in [0.29, 0.717) is 6.61 Å². The molecule has 1 atom stereocenters. The Morgan fingerprint density at radius 2 is 2.27 bits per heavy atom. The summed E-state index contributed by atoms with van der Waals surface area (Å²) in [5, 5.41) is 0.243. The van der Waals surface area contributed by atoms with E-state index in [9.17, 15) is 9.18 Å². The van der Waals surface area contributed by atoms with Gasteiger partial charge in [0.1, 0.15) is 11.9 Å². The predicted octanol–water partition coefficient (Wildman–Crippen LogP) is 3.09. The number of carbonyl (C=O) groups excluding carboxylic acids is 1. The lowest BCUT2D eigenvalue weighted by Gasteiger charge is -2.11. The van der Waals surface area contributed by atoms with Crippen LogP contribution in [0.3, 0.4) is 0 Å². The van der Waals surface area contributed by atoms with Gasteiger partial charge in [0.2, 0.25) is 0 Å². The van der Waals surface area contributed by atoms with Gasteiger partial charge in [-0.3, -0.25) is 4.79 Å². The van der Waals surface area contributed by atoms with Gasteiger partial charge in [-0.1, -0.05) is 11.6 Å². The summed E-state index contributed by atoms with van der Waals surface area (Å²) in [7, 11) is 0. The summed E-state index contributed by atoms with van der Waals surface area (Å²) in [6.07, 6.45) is -0.603. The zero-order valence-electron chi connectivity index (χ0n) is 8.59. The van der Waals surface area contributed by atoms with E-state index in [0.717, 1.165) is 6.07 Å². The minimum Gasteiger partial charge on any atom is -0.371 e. The van der Waals surface area contributed by atoms with Crippen molar-refractivity contribution in [1.82, 2.24) is 0 Å². The van der Waals surface area contributed by atoms with Crippen molar-refractivity contribution in [1.29, 1.82) is 0 Å². The Kier molecular flexibility index (Phi) is 4.24. The minimum absolute atomic E-state index is 0.164. The molecule has 0 fully saturated rings. The molecule has 15 heavy (non-hydrogen) atoms. The van der Waals surface area contributed by atoms with Gasteiger partial charge in [0.15, 0.2) is 5.78 Å². The van der Waals surface area contributed by atoms with E-state index in [-0.39, 0.29) is 16.4 Å². The SMILES string of the molecule is CCOC(C)C(=O)c1cc(F)ccc1Cl.